The van der Waals surface area contributed by atoms with Crippen LogP contribution in [0.4, 0.5) is 5.69 Å². The minimum Gasteiger partial charge on any atom is -0.452 e. The number of esters is 1. The number of carbonyl (C=O) groups is 2. The smallest absolute Gasteiger partial charge is 0.342 e. The molecule has 1 heterocycles. The highest BCUT2D eigenvalue weighted by molar-refractivity contribution is 6.32. The van der Waals surface area contributed by atoms with Gasteiger partial charge in [-0.05, 0) is 62.6 Å². The van der Waals surface area contributed by atoms with E-state index in [-0.39, 0.29) is 23.7 Å². The Balaban J connectivity index is 2.18. The van der Waals surface area contributed by atoms with Crippen molar-refractivity contribution in [3.63, 3.8) is 0 Å². The first-order valence-corrected chi connectivity index (χ1v) is 9.17. The van der Waals surface area contributed by atoms with Crippen LogP contribution >= 0.6 is 11.6 Å². The Kier molecular flexibility index (Phi) is 7.13. The van der Waals surface area contributed by atoms with Crippen molar-refractivity contribution in [3.8, 4) is 6.07 Å². The number of carbonyl (C=O) groups excluding carboxylic acids is 2. The van der Waals surface area contributed by atoms with E-state index in [1.54, 1.807) is 19.9 Å². The number of ether oxygens (including phenoxy) is 1. The summed E-state index contributed by atoms with van der Waals surface area (Å²) in [5, 5.41) is 8.96. The van der Waals surface area contributed by atoms with Crippen LogP contribution in [-0.4, -0.2) is 30.0 Å². The highest BCUT2D eigenvalue weighted by Gasteiger charge is 2.21. The molecule has 0 aliphatic rings. The molecule has 2 rings (SSSR count). The summed E-state index contributed by atoms with van der Waals surface area (Å²) >= 11 is 6.06. The van der Waals surface area contributed by atoms with Gasteiger partial charge in [0.2, 0.25) is 0 Å². The summed E-state index contributed by atoms with van der Waals surface area (Å²) in [5.41, 5.74) is 4.12. The number of anilines is 1. The Labute approximate surface area is 169 Å². The fraction of sp³-hybridized carbons (Fsp3) is 0.333. The Morgan fingerprint density at radius 2 is 1.79 bits per heavy atom. The summed E-state index contributed by atoms with van der Waals surface area (Å²) in [5.74, 6) is -1.12. The van der Waals surface area contributed by atoms with Gasteiger partial charge in [-0.1, -0.05) is 17.7 Å². The van der Waals surface area contributed by atoms with E-state index in [2.05, 4.69) is 4.98 Å². The van der Waals surface area contributed by atoms with Crippen LogP contribution in [0.25, 0.3) is 0 Å². The first kappa shape index (κ1) is 21.4. The molecule has 1 aromatic carbocycles. The number of nitriles is 1. The number of nitrogens with zero attached hydrogens (tertiary/aromatic N) is 3. The van der Waals surface area contributed by atoms with Crippen molar-refractivity contribution in [1.82, 2.24) is 4.98 Å². The molecule has 0 fully saturated rings. The molecule has 0 saturated heterocycles. The van der Waals surface area contributed by atoms with Crippen molar-refractivity contribution >= 4 is 29.2 Å². The average molecular weight is 400 g/mol. The lowest BCUT2D eigenvalue weighted by atomic mass is 10.1. The fourth-order valence-corrected chi connectivity index (χ4v) is 3.34. The molecule has 7 heteroatoms. The molecule has 28 heavy (non-hydrogen) atoms. The van der Waals surface area contributed by atoms with Gasteiger partial charge in [-0.2, -0.15) is 5.26 Å². The van der Waals surface area contributed by atoms with E-state index in [4.69, 9.17) is 21.6 Å². The number of hydrogen-bond acceptors (Lipinski definition) is 5. The van der Waals surface area contributed by atoms with Crippen LogP contribution in [0, 0.1) is 39.0 Å². The van der Waals surface area contributed by atoms with E-state index in [1.807, 2.05) is 38.1 Å². The maximum Gasteiger partial charge on any atom is 0.342 e. The summed E-state index contributed by atoms with van der Waals surface area (Å²) < 4.78 is 5.20. The van der Waals surface area contributed by atoms with Crippen molar-refractivity contribution in [2.45, 2.75) is 34.1 Å². The van der Waals surface area contributed by atoms with Gasteiger partial charge in [-0.3, -0.25) is 4.79 Å². The third-order valence-electron chi connectivity index (χ3n) is 4.10. The third kappa shape index (κ3) is 5.30. The SMILES string of the molecule is Cc1cc(C)cc(N(CCC#N)C(=O)COC(=O)c2c(C)cc(C)nc2Cl)c1. The maximum atomic E-state index is 12.7. The van der Waals surface area contributed by atoms with Crippen molar-refractivity contribution in [2.75, 3.05) is 18.1 Å². The number of hydrogen-bond donors (Lipinski definition) is 0. The molecule has 0 atom stereocenters. The second-order valence-electron chi connectivity index (χ2n) is 6.62. The van der Waals surface area contributed by atoms with Gasteiger partial charge >= 0.3 is 5.97 Å². The van der Waals surface area contributed by atoms with E-state index in [1.165, 1.54) is 4.90 Å². The topological polar surface area (TPSA) is 83.3 Å². The molecule has 0 N–H and O–H groups in total. The first-order valence-electron chi connectivity index (χ1n) is 8.79. The van der Waals surface area contributed by atoms with Crippen LogP contribution in [0.5, 0.6) is 0 Å². The molecule has 0 unspecified atom stereocenters. The monoisotopic (exact) mass is 399 g/mol. The van der Waals surface area contributed by atoms with Gasteiger partial charge in [0.25, 0.3) is 5.91 Å². The number of amides is 1. The van der Waals surface area contributed by atoms with E-state index in [0.717, 1.165) is 11.1 Å². The van der Waals surface area contributed by atoms with Crippen LogP contribution in [0.2, 0.25) is 5.15 Å². The Morgan fingerprint density at radius 3 is 2.36 bits per heavy atom. The molecule has 0 saturated carbocycles. The second-order valence-corrected chi connectivity index (χ2v) is 6.98. The number of rotatable bonds is 6. The number of benzene rings is 1. The first-order chi connectivity index (χ1) is 13.2. The lowest BCUT2D eigenvalue weighted by molar-refractivity contribution is -0.121. The van der Waals surface area contributed by atoms with Gasteiger partial charge < -0.3 is 9.64 Å². The molecule has 0 radical (unpaired) electrons. The maximum absolute atomic E-state index is 12.7. The van der Waals surface area contributed by atoms with Crippen LogP contribution in [0.1, 0.15) is 39.2 Å². The number of aryl methyl sites for hydroxylation is 4. The van der Waals surface area contributed by atoms with Gasteiger partial charge in [0.15, 0.2) is 6.61 Å². The Hall–Kier alpha value is -2.91. The van der Waals surface area contributed by atoms with Crippen LogP contribution < -0.4 is 4.90 Å². The lowest BCUT2D eigenvalue weighted by Crippen LogP contribution is -2.35. The van der Waals surface area contributed by atoms with E-state index in [0.29, 0.717) is 16.9 Å². The van der Waals surface area contributed by atoms with Gasteiger partial charge in [-0.15, -0.1) is 0 Å². The minimum absolute atomic E-state index is 0.0468. The normalized spacial score (nSPS) is 10.3. The van der Waals surface area contributed by atoms with Crippen LogP contribution in [0.15, 0.2) is 24.3 Å². The van der Waals surface area contributed by atoms with Gasteiger partial charge in [-0.25, -0.2) is 9.78 Å². The van der Waals surface area contributed by atoms with Gasteiger partial charge in [0.1, 0.15) is 5.15 Å². The molecular weight excluding hydrogens is 378 g/mol. The number of halogens is 1. The Bertz CT molecular complexity index is 907. The quantitative estimate of drug-likeness (QED) is 0.540. The lowest BCUT2D eigenvalue weighted by Gasteiger charge is -2.22. The molecule has 0 aliphatic carbocycles. The van der Waals surface area contributed by atoms with Crippen LogP contribution in [0.3, 0.4) is 0 Å². The molecule has 6 nitrogen and oxygen atoms in total. The molecule has 0 aliphatic heterocycles. The van der Waals surface area contributed by atoms with Crippen molar-refractivity contribution in [3.05, 3.63) is 57.4 Å². The molecule has 0 spiro atoms. The van der Waals surface area contributed by atoms with E-state index < -0.39 is 18.5 Å². The largest absolute Gasteiger partial charge is 0.452 e. The van der Waals surface area contributed by atoms with Crippen LogP contribution in [-0.2, 0) is 9.53 Å². The standard InChI is InChI=1S/C21H22ClN3O3/c1-13-8-14(2)10-17(9-13)25(7-5-6-23)18(26)12-28-21(27)19-15(3)11-16(4)24-20(19)22/h8-11H,5,7,12H2,1-4H3. The zero-order valence-corrected chi connectivity index (χ0v) is 17.1. The highest BCUT2D eigenvalue weighted by atomic mass is 35.5. The predicted octanol–water partition coefficient (Wildman–Crippen LogP) is 4.07. The summed E-state index contributed by atoms with van der Waals surface area (Å²) in [6, 6.07) is 9.46. The minimum atomic E-state index is -0.705. The Morgan fingerprint density at radius 1 is 1.14 bits per heavy atom. The summed E-state index contributed by atoms with van der Waals surface area (Å²) in [7, 11) is 0. The summed E-state index contributed by atoms with van der Waals surface area (Å²) in [6.45, 7) is 7.11. The van der Waals surface area contributed by atoms with Crippen molar-refractivity contribution in [1.29, 1.82) is 5.26 Å². The second kappa shape index (κ2) is 9.34. The zero-order chi connectivity index (χ0) is 20.8. The van der Waals surface area contributed by atoms with Gasteiger partial charge in [0.05, 0.1) is 18.1 Å². The third-order valence-corrected chi connectivity index (χ3v) is 4.37. The number of aromatic nitrogens is 1. The summed E-state index contributed by atoms with van der Waals surface area (Å²) in [6.07, 6.45) is 0.166. The van der Waals surface area contributed by atoms with E-state index >= 15 is 0 Å². The summed E-state index contributed by atoms with van der Waals surface area (Å²) in [4.78, 5) is 30.7. The predicted molar refractivity (Wildman–Crippen MR) is 108 cm³/mol. The molecule has 2 aromatic rings. The zero-order valence-electron chi connectivity index (χ0n) is 16.4. The number of pyridine rings is 1. The molecular formula is C21H22ClN3O3. The fourth-order valence-electron chi connectivity index (χ4n) is 2.98. The highest BCUT2D eigenvalue weighted by Crippen LogP contribution is 2.21. The molecule has 1 amide bonds. The van der Waals surface area contributed by atoms with Gasteiger partial charge in [0, 0.05) is 17.9 Å². The molecule has 1 aromatic heterocycles. The van der Waals surface area contributed by atoms with Crippen molar-refractivity contribution in [2.24, 2.45) is 0 Å². The molecule has 0 bridgehead atoms. The van der Waals surface area contributed by atoms with Crippen molar-refractivity contribution < 1.29 is 14.3 Å². The molecule has 146 valence electrons. The van der Waals surface area contributed by atoms with E-state index in [9.17, 15) is 9.59 Å². The average Bonchev–Trinajstić information content (AvgIpc) is 2.58.